The summed E-state index contributed by atoms with van der Waals surface area (Å²) in [5, 5.41) is 0. The van der Waals surface area contributed by atoms with Crippen LogP contribution in [0.25, 0.3) is 0 Å². The van der Waals surface area contributed by atoms with Crippen LogP contribution in [0.2, 0.25) is 0 Å². The summed E-state index contributed by atoms with van der Waals surface area (Å²) < 4.78 is 27.3. The number of hydrogen-bond acceptors (Lipinski definition) is 6. The van der Waals surface area contributed by atoms with E-state index >= 15 is 0 Å². The second kappa shape index (κ2) is 3.92. The van der Waals surface area contributed by atoms with E-state index in [4.69, 9.17) is 8.92 Å². The van der Waals surface area contributed by atoms with Crippen molar-refractivity contribution in [3.05, 3.63) is 0 Å². The van der Waals surface area contributed by atoms with Gasteiger partial charge in [0, 0.05) is 6.42 Å². The summed E-state index contributed by atoms with van der Waals surface area (Å²) in [5.74, 6) is -0.635. The highest BCUT2D eigenvalue weighted by atomic mass is 32.2. The lowest BCUT2D eigenvalue weighted by atomic mass is 10.2. The number of ether oxygens (including phenoxy) is 2. The van der Waals surface area contributed by atoms with Crippen molar-refractivity contribution in [2.24, 2.45) is 0 Å². The zero-order chi connectivity index (χ0) is 13.7. The van der Waals surface area contributed by atoms with Crippen LogP contribution in [-0.2, 0) is 29.7 Å². The lowest BCUT2D eigenvalue weighted by Gasteiger charge is -2.26. The van der Waals surface area contributed by atoms with Crippen molar-refractivity contribution in [3.8, 4) is 0 Å². The Morgan fingerprint density at radius 1 is 1.44 bits per heavy atom. The Morgan fingerprint density at radius 2 is 2.06 bits per heavy atom. The highest BCUT2D eigenvalue weighted by Crippen LogP contribution is 2.52. The van der Waals surface area contributed by atoms with Gasteiger partial charge in [0.15, 0.2) is 5.54 Å². The van der Waals surface area contributed by atoms with Crippen LogP contribution < -0.4 is 0 Å². The molecular formula is C10H15NO6S. The van der Waals surface area contributed by atoms with E-state index in [0.717, 1.165) is 4.31 Å². The summed E-state index contributed by atoms with van der Waals surface area (Å²) >= 11 is -2.01. The number of esters is 1. The first-order valence-electron chi connectivity index (χ1n) is 5.43. The molecule has 2 aliphatic rings. The van der Waals surface area contributed by atoms with Crippen molar-refractivity contribution in [2.45, 2.75) is 44.4 Å². The maximum absolute atomic E-state index is 12.0. The topological polar surface area (TPSA) is 82.1 Å². The molecule has 1 aliphatic carbocycles. The average molecular weight is 277 g/mol. The van der Waals surface area contributed by atoms with E-state index in [-0.39, 0.29) is 6.42 Å². The molecule has 2 fully saturated rings. The Labute approximate surface area is 107 Å². The number of rotatable bonds is 1. The summed E-state index contributed by atoms with van der Waals surface area (Å²) in [5.41, 5.74) is -2.02. The van der Waals surface area contributed by atoms with Gasteiger partial charge in [0.1, 0.15) is 11.7 Å². The smallest absolute Gasteiger partial charge is 0.425 e. The van der Waals surface area contributed by atoms with E-state index in [9.17, 15) is 13.8 Å². The zero-order valence-electron chi connectivity index (χ0n) is 10.6. The van der Waals surface area contributed by atoms with Gasteiger partial charge in [-0.05, 0) is 20.8 Å². The van der Waals surface area contributed by atoms with E-state index in [1.165, 1.54) is 7.11 Å². The molecule has 0 aromatic rings. The second-order valence-corrected chi connectivity index (χ2v) is 6.19. The predicted octanol–water partition coefficient (Wildman–Crippen LogP) is 0.516. The number of carbonyl (C=O) groups excluding carboxylic acids is 2. The molecule has 8 heteroatoms. The van der Waals surface area contributed by atoms with Crippen molar-refractivity contribution in [1.29, 1.82) is 0 Å². The SMILES string of the molecule is COC(=O)C12CC1OS(=O)N2C(=O)OC(C)(C)C. The molecule has 0 radical (unpaired) electrons. The van der Waals surface area contributed by atoms with Crippen LogP contribution in [0, 0.1) is 0 Å². The number of methoxy groups -OCH3 is 1. The van der Waals surface area contributed by atoms with Gasteiger partial charge in [-0.25, -0.2) is 13.8 Å². The molecule has 1 saturated carbocycles. The van der Waals surface area contributed by atoms with Crippen LogP contribution in [0.3, 0.4) is 0 Å². The van der Waals surface area contributed by atoms with Crippen LogP contribution in [0.15, 0.2) is 0 Å². The molecule has 1 heterocycles. The molecule has 102 valence electrons. The minimum atomic E-state index is -2.01. The first-order chi connectivity index (χ1) is 8.22. The number of nitrogens with zero attached hydrogens (tertiary/aromatic N) is 1. The molecule has 7 nitrogen and oxygen atoms in total. The fraction of sp³-hybridized carbons (Fsp3) is 0.800. The van der Waals surface area contributed by atoms with Crippen molar-refractivity contribution >= 4 is 23.3 Å². The van der Waals surface area contributed by atoms with Gasteiger partial charge in [0.05, 0.1) is 7.11 Å². The van der Waals surface area contributed by atoms with Crippen molar-refractivity contribution in [1.82, 2.24) is 4.31 Å². The maximum atomic E-state index is 12.0. The molecule has 2 rings (SSSR count). The molecule has 0 aromatic heterocycles. The monoisotopic (exact) mass is 277 g/mol. The van der Waals surface area contributed by atoms with E-state index in [2.05, 4.69) is 4.74 Å². The standard InChI is InChI=1S/C10H15NO6S/c1-9(2,3)16-8(13)11-10(7(12)15-4)5-6(10)17-18(11)14/h6H,5H2,1-4H3. The summed E-state index contributed by atoms with van der Waals surface area (Å²) in [7, 11) is 1.21. The number of hydrogen-bond donors (Lipinski definition) is 0. The second-order valence-electron chi connectivity index (χ2n) is 5.20. The zero-order valence-corrected chi connectivity index (χ0v) is 11.4. The van der Waals surface area contributed by atoms with E-state index < -0.39 is 40.6 Å². The number of carbonyl (C=O) groups is 2. The van der Waals surface area contributed by atoms with Gasteiger partial charge in [0.2, 0.25) is 0 Å². The van der Waals surface area contributed by atoms with Crippen molar-refractivity contribution < 1.29 is 27.5 Å². The predicted molar refractivity (Wildman–Crippen MR) is 60.5 cm³/mol. The van der Waals surface area contributed by atoms with Gasteiger partial charge in [-0.15, -0.1) is 0 Å². The highest BCUT2D eigenvalue weighted by molar-refractivity contribution is 7.78. The summed E-state index contributed by atoms with van der Waals surface area (Å²) in [4.78, 5) is 23.7. The Morgan fingerprint density at radius 3 is 2.56 bits per heavy atom. The Bertz CT molecular complexity index is 431. The minimum absolute atomic E-state index is 0.282. The molecule has 18 heavy (non-hydrogen) atoms. The normalized spacial score (nSPS) is 33.9. The largest absolute Gasteiger partial charge is 0.467 e. The van der Waals surface area contributed by atoms with Crippen LogP contribution >= 0.6 is 0 Å². The minimum Gasteiger partial charge on any atom is -0.467 e. The van der Waals surface area contributed by atoms with Gasteiger partial charge in [-0.3, -0.25) is 4.18 Å². The maximum Gasteiger partial charge on any atom is 0.425 e. The molecule has 1 aliphatic heterocycles. The van der Waals surface area contributed by atoms with E-state index in [1.54, 1.807) is 20.8 Å². The fourth-order valence-corrected chi connectivity index (χ4v) is 3.03. The molecule has 0 aromatic carbocycles. The Hall–Kier alpha value is -1.15. The first-order valence-corrected chi connectivity index (χ1v) is 6.46. The third-order valence-corrected chi connectivity index (χ3v) is 3.85. The molecule has 3 atom stereocenters. The lowest BCUT2D eigenvalue weighted by Crippen LogP contribution is -2.48. The summed E-state index contributed by atoms with van der Waals surface area (Å²) in [6.45, 7) is 5.04. The summed E-state index contributed by atoms with van der Waals surface area (Å²) in [6.07, 6.45) is -1.13. The van der Waals surface area contributed by atoms with Gasteiger partial charge in [0.25, 0.3) is 11.3 Å². The average Bonchev–Trinajstić information content (AvgIpc) is 2.82. The van der Waals surface area contributed by atoms with Crippen LogP contribution in [-0.4, -0.2) is 44.9 Å². The molecular weight excluding hydrogens is 262 g/mol. The van der Waals surface area contributed by atoms with Crippen molar-refractivity contribution in [3.63, 3.8) is 0 Å². The van der Waals surface area contributed by atoms with E-state index in [0.29, 0.717) is 0 Å². The highest BCUT2D eigenvalue weighted by Gasteiger charge is 2.76. The van der Waals surface area contributed by atoms with Crippen LogP contribution in [0.5, 0.6) is 0 Å². The first kappa shape index (κ1) is 13.3. The third-order valence-electron chi connectivity index (χ3n) is 2.68. The van der Waals surface area contributed by atoms with Crippen LogP contribution in [0.1, 0.15) is 27.2 Å². The molecule has 0 spiro atoms. The molecule has 1 saturated heterocycles. The van der Waals surface area contributed by atoms with Crippen LogP contribution in [0.4, 0.5) is 4.79 Å². The van der Waals surface area contributed by atoms with Gasteiger partial charge >= 0.3 is 12.1 Å². The third kappa shape index (κ3) is 1.89. The molecule has 0 N–H and O–H groups in total. The summed E-state index contributed by atoms with van der Waals surface area (Å²) in [6, 6.07) is 0. The van der Waals surface area contributed by atoms with Gasteiger partial charge in [-0.1, -0.05) is 0 Å². The molecule has 1 amide bonds. The quantitative estimate of drug-likeness (QED) is 0.650. The number of fused-ring (bicyclic) bond motifs is 1. The lowest BCUT2D eigenvalue weighted by molar-refractivity contribution is -0.146. The van der Waals surface area contributed by atoms with Gasteiger partial charge in [-0.2, -0.15) is 4.31 Å². The molecule has 0 bridgehead atoms. The van der Waals surface area contributed by atoms with E-state index in [1.807, 2.05) is 0 Å². The van der Waals surface area contributed by atoms with Gasteiger partial charge < -0.3 is 9.47 Å². The Balaban J connectivity index is 2.23. The Kier molecular flexibility index (Phi) is 2.90. The number of amides is 1. The molecule has 3 unspecified atom stereocenters. The van der Waals surface area contributed by atoms with Crippen molar-refractivity contribution in [2.75, 3.05) is 7.11 Å². The fourth-order valence-electron chi connectivity index (χ4n) is 1.83.